The molecule has 1 spiro atoms. The van der Waals surface area contributed by atoms with Gasteiger partial charge in [-0.1, -0.05) is 61.7 Å². The zero-order valence-corrected chi connectivity index (χ0v) is 17.6. The molecule has 2 aliphatic heterocycles. The van der Waals surface area contributed by atoms with Crippen LogP contribution in [0.4, 0.5) is 4.79 Å². The molecule has 3 amide bonds. The fourth-order valence-corrected chi connectivity index (χ4v) is 5.55. The van der Waals surface area contributed by atoms with E-state index in [-0.39, 0.29) is 11.9 Å². The van der Waals surface area contributed by atoms with Crippen LogP contribution in [0.5, 0.6) is 0 Å². The van der Waals surface area contributed by atoms with Gasteiger partial charge < -0.3 is 15.1 Å². The number of imide groups is 1. The molecule has 1 saturated carbocycles. The average molecular weight is 409 g/mol. The van der Waals surface area contributed by atoms with Crippen LogP contribution in [0.1, 0.15) is 37.7 Å². The van der Waals surface area contributed by atoms with Gasteiger partial charge in [0, 0.05) is 5.56 Å². The van der Waals surface area contributed by atoms with E-state index in [1.165, 1.54) is 26.1 Å². The molecule has 1 aliphatic carbocycles. The Morgan fingerprint density at radius 1 is 0.867 bits per heavy atom. The Morgan fingerprint density at radius 3 is 2.37 bits per heavy atom. The van der Waals surface area contributed by atoms with E-state index in [1.807, 2.05) is 0 Å². The Labute approximate surface area is 177 Å². The molecule has 0 atom stereocenters. The molecule has 2 aromatic rings. The van der Waals surface area contributed by atoms with Crippen molar-refractivity contribution in [2.24, 2.45) is 0 Å². The van der Waals surface area contributed by atoms with Gasteiger partial charge in [-0.2, -0.15) is 0 Å². The normalized spacial score (nSPS) is 26.3. The van der Waals surface area contributed by atoms with Gasteiger partial charge in [0.2, 0.25) is 0 Å². The fourth-order valence-electron chi connectivity index (χ4n) is 5.55. The molecule has 0 aromatic heterocycles. The first kappa shape index (κ1) is 19.5. The number of piperazine rings is 1. The Kier molecular flexibility index (Phi) is 5.21. The summed E-state index contributed by atoms with van der Waals surface area (Å²) in [7, 11) is 0. The lowest BCUT2D eigenvalue weighted by molar-refractivity contribution is -1.02. The highest BCUT2D eigenvalue weighted by Crippen LogP contribution is 2.33. The van der Waals surface area contributed by atoms with E-state index in [0.717, 1.165) is 64.8 Å². The van der Waals surface area contributed by atoms with E-state index in [4.69, 9.17) is 0 Å². The second-order valence-corrected chi connectivity index (χ2v) is 9.28. The number of hydrogen-bond acceptors (Lipinski definition) is 2. The summed E-state index contributed by atoms with van der Waals surface area (Å²) < 4.78 is 0. The van der Waals surface area contributed by atoms with Crippen LogP contribution in [-0.2, 0) is 11.3 Å². The van der Waals surface area contributed by atoms with Crippen molar-refractivity contribution in [2.45, 2.75) is 44.2 Å². The SMILES string of the molecule is O=C1NC2(CCCCC2)C(=O)N1C[NH+]1CC[NH+](Cc2cccc3ccccc23)CC1. The summed E-state index contributed by atoms with van der Waals surface area (Å²) in [5.74, 6) is 0.0187. The van der Waals surface area contributed by atoms with Crippen molar-refractivity contribution in [1.29, 1.82) is 0 Å². The highest BCUT2D eigenvalue weighted by molar-refractivity contribution is 6.06. The van der Waals surface area contributed by atoms with Gasteiger partial charge >= 0.3 is 6.03 Å². The summed E-state index contributed by atoms with van der Waals surface area (Å²) >= 11 is 0. The summed E-state index contributed by atoms with van der Waals surface area (Å²) in [6.45, 7) is 5.64. The van der Waals surface area contributed by atoms with Crippen LogP contribution in [0.3, 0.4) is 0 Å². The molecule has 2 saturated heterocycles. The molecule has 6 heteroatoms. The molecule has 6 nitrogen and oxygen atoms in total. The molecule has 5 rings (SSSR count). The summed E-state index contributed by atoms with van der Waals surface area (Å²) in [4.78, 5) is 30.0. The summed E-state index contributed by atoms with van der Waals surface area (Å²) in [6, 6.07) is 15.0. The third-order valence-electron chi connectivity index (χ3n) is 7.32. The number of hydrogen-bond donors (Lipinski definition) is 3. The van der Waals surface area contributed by atoms with Crippen LogP contribution >= 0.6 is 0 Å². The third-order valence-corrected chi connectivity index (χ3v) is 7.32. The van der Waals surface area contributed by atoms with E-state index in [1.54, 1.807) is 4.90 Å². The van der Waals surface area contributed by atoms with Crippen molar-refractivity contribution in [3.8, 4) is 0 Å². The molecule has 2 aromatic carbocycles. The minimum absolute atomic E-state index is 0.0187. The van der Waals surface area contributed by atoms with Crippen molar-refractivity contribution < 1.29 is 19.4 Å². The number of amides is 3. The maximum atomic E-state index is 13.0. The predicted octanol–water partition coefficient (Wildman–Crippen LogP) is 0.335. The smallest absolute Gasteiger partial charge is 0.323 e. The minimum atomic E-state index is -0.601. The number of rotatable bonds is 4. The number of benzene rings is 2. The molecular weight excluding hydrogens is 376 g/mol. The van der Waals surface area contributed by atoms with Crippen molar-refractivity contribution in [2.75, 3.05) is 32.8 Å². The van der Waals surface area contributed by atoms with Crippen LogP contribution in [0.15, 0.2) is 42.5 Å². The maximum absolute atomic E-state index is 13.0. The second kappa shape index (κ2) is 8.00. The number of carbonyl (C=O) groups is 2. The molecule has 0 bridgehead atoms. The van der Waals surface area contributed by atoms with Gasteiger partial charge in [-0.15, -0.1) is 0 Å². The average Bonchev–Trinajstić information content (AvgIpc) is 2.99. The number of nitrogens with zero attached hydrogens (tertiary/aromatic N) is 1. The van der Waals surface area contributed by atoms with E-state index in [0.29, 0.717) is 6.67 Å². The Bertz CT molecular complexity index is 940. The molecule has 3 fully saturated rings. The molecule has 0 unspecified atom stereocenters. The van der Waals surface area contributed by atoms with Gasteiger partial charge in [0.15, 0.2) is 6.67 Å². The monoisotopic (exact) mass is 408 g/mol. The zero-order chi connectivity index (χ0) is 20.6. The number of nitrogens with one attached hydrogen (secondary N) is 3. The van der Waals surface area contributed by atoms with Crippen LogP contribution in [0.2, 0.25) is 0 Å². The van der Waals surface area contributed by atoms with E-state index in [9.17, 15) is 9.59 Å². The third kappa shape index (κ3) is 3.59. The van der Waals surface area contributed by atoms with Gasteiger partial charge in [-0.25, -0.2) is 9.69 Å². The van der Waals surface area contributed by atoms with E-state index in [2.05, 4.69) is 47.8 Å². The Hall–Kier alpha value is -2.44. The standard InChI is InChI=1S/C24H30N4O2/c29-22-24(11-4-1-5-12-24)25-23(30)28(22)18-27-15-13-26(14-16-27)17-20-9-6-8-19-7-2-3-10-21(19)20/h2-3,6-10H,1,4-5,11-18H2,(H,25,30)/p+2. The van der Waals surface area contributed by atoms with Crippen molar-refractivity contribution in [1.82, 2.24) is 10.2 Å². The number of quaternary nitrogens is 2. The quantitative estimate of drug-likeness (QED) is 0.639. The summed E-state index contributed by atoms with van der Waals surface area (Å²) in [5, 5.41) is 5.68. The summed E-state index contributed by atoms with van der Waals surface area (Å²) in [6.07, 6.45) is 4.82. The predicted molar refractivity (Wildman–Crippen MR) is 115 cm³/mol. The molecule has 30 heavy (non-hydrogen) atoms. The van der Waals surface area contributed by atoms with Crippen LogP contribution in [0.25, 0.3) is 10.8 Å². The van der Waals surface area contributed by atoms with Gasteiger partial charge in [0.05, 0.1) is 0 Å². The zero-order valence-electron chi connectivity index (χ0n) is 17.6. The van der Waals surface area contributed by atoms with Crippen LogP contribution < -0.4 is 15.1 Å². The van der Waals surface area contributed by atoms with Crippen molar-refractivity contribution in [3.63, 3.8) is 0 Å². The topological polar surface area (TPSA) is 58.3 Å². The lowest BCUT2D eigenvalue weighted by Gasteiger charge is -2.32. The molecule has 3 aliphatic rings. The lowest BCUT2D eigenvalue weighted by atomic mass is 9.82. The van der Waals surface area contributed by atoms with Gasteiger partial charge in [-0.3, -0.25) is 4.79 Å². The number of carbonyl (C=O) groups excluding carboxylic acids is 2. The fraction of sp³-hybridized carbons (Fsp3) is 0.500. The first-order chi connectivity index (χ1) is 14.6. The molecular formula is C24H32N4O2+2. The molecule has 3 N–H and O–H groups in total. The van der Waals surface area contributed by atoms with Gasteiger partial charge in [0.1, 0.15) is 38.3 Å². The van der Waals surface area contributed by atoms with Crippen molar-refractivity contribution in [3.05, 3.63) is 48.0 Å². The van der Waals surface area contributed by atoms with Crippen LogP contribution in [0, 0.1) is 0 Å². The van der Waals surface area contributed by atoms with Crippen LogP contribution in [-0.4, -0.2) is 55.2 Å². The van der Waals surface area contributed by atoms with E-state index >= 15 is 0 Å². The first-order valence-electron chi connectivity index (χ1n) is 11.4. The molecule has 2 heterocycles. The highest BCUT2D eigenvalue weighted by atomic mass is 16.2. The van der Waals surface area contributed by atoms with Gasteiger partial charge in [-0.05, 0) is 23.6 Å². The van der Waals surface area contributed by atoms with Gasteiger partial charge in [0.25, 0.3) is 5.91 Å². The summed E-state index contributed by atoms with van der Waals surface area (Å²) in [5.41, 5.74) is 0.802. The largest absolute Gasteiger partial charge is 0.329 e. The van der Waals surface area contributed by atoms with E-state index < -0.39 is 5.54 Å². The van der Waals surface area contributed by atoms with Crippen molar-refractivity contribution >= 4 is 22.7 Å². The number of fused-ring (bicyclic) bond motifs is 1. The molecule has 0 radical (unpaired) electrons. The lowest BCUT2D eigenvalue weighted by Crippen LogP contribution is -3.28. The maximum Gasteiger partial charge on any atom is 0.329 e. The number of urea groups is 1. The highest BCUT2D eigenvalue weighted by Gasteiger charge is 2.52. The minimum Gasteiger partial charge on any atom is -0.323 e. The second-order valence-electron chi connectivity index (χ2n) is 9.28. The first-order valence-corrected chi connectivity index (χ1v) is 11.4. The Morgan fingerprint density at radius 2 is 1.57 bits per heavy atom. The Balaban J connectivity index is 1.18. The molecule has 158 valence electrons.